The zero-order chi connectivity index (χ0) is 12.5. The second-order valence-corrected chi connectivity index (χ2v) is 4.92. The van der Waals surface area contributed by atoms with E-state index in [1.165, 1.54) is 11.3 Å². The Labute approximate surface area is 106 Å². The summed E-state index contributed by atoms with van der Waals surface area (Å²) in [5.74, 6) is 1.56. The molecule has 1 fully saturated rings. The third-order valence-electron chi connectivity index (χ3n) is 3.58. The van der Waals surface area contributed by atoms with Gasteiger partial charge in [-0.3, -0.25) is 5.10 Å². The molecule has 1 aliphatic rings. The van der Waals surface area contributed by atoms with Crippen LogP contribution < -0.4 is 4.90 Å². The van der Waals surface area contributed by atoms with Crippen LogP contribution in [-0.4, -0.2) is 33.3 Å². The molecule has 3 heterocycles. The van der Waals surface area contributed by atoms with Crippen LogP contribution in [0.4, 0.5) is 5.82 Å². The highest BCUT2D eigenvalue weighted by molar-refractivity contribution is 5.41. The maximum absolute atomic E-state index is 4.35. The molecular formula is C13H17N5. The first-order valence-corrected chi connectivity index (χ1v) is 6.27. The minimum absolute atomic E-state index is 0.530. The van der Waals surface area contributed by atoms with Gasteiger partial charge in [-0.1, -0.05) is 0 Å². The fourth-order valence-corrected chi connectivity index (χ4v) is 2.59. The van der Waals surface area contributed by atoms with E-state index in [1.807, 2.05) is 19.2 Å². The molecular weight excluding hydrogens is 226 g/mol. The summed E-state index contributed by atoms with van der Waals surface area (Å²) in [6.07, 6.45) is 4.68. The Bertz CT molecular complexity index is 548. The first-order chi connectivity index (χ1) is 8.74. The lowest BCUT2D eigenvalue weighted by Crippen LogP contribution is -2.20. The Hall–Kier alpha value is -1.91. The van der Waals surface area contributed by atoms with Crippen molar-refractivity contribution < 1.29 is 0 Å². The number of aryl methyl sites for hydroxylation is 2. The van der Waals surface area contributed by atoms with Crippen molar-refractivity contribution in [1.82, 2.24) is 20.2 Å². The number of rotatable bonds is 2. The fraction of sp³-hybridized carbons (Fsp3) is 0.462. The highest BCUT2D eigenvalue weighted by atomic mass is 15.2. The van der Waals surface area contributed by atoms with Crippen molar-refractivity contribution >= 4 is 5.82 Å². The molecule has 1 atom stereocenters. The van der Waals surface area contributed by atoms with E-state index < -0.39 is 0 Å². The highest BCUT2D eigenvalue weighted by Crippen LogP contribution is 2.30. The third-order valence-corrected chi connectivity index (χ3v) is 3.58. The van der Waals surface area contributed by atoms with Crippen LogP contribution in [0.3, 0.4) is 0 Å². The van der Waals surface area contributed by atoms with Gasteiger partial charge < -0.3 is 4.90 Å². The van der Waals surface area contributed by atoms with Crippen molar-refractivity contribution in [2.75, 3.05) is 18.0 Å². The number of nitrogens with one attached hydrogen (secondary N) is 1. The molecule has 1 N–H and O–H groups in total. The monoisotopic (exact) mass is 243 g/mol. The lowest BCUT2D eigenvalue weighted by Gasteiger charge is -2.17. The molecule has 0 unspecified atom stereocenters. The zero-order valence-electron chi connectivity index (χ0n) is 10.7. The fourth-order valence-electron chi connectivity index (χ4n) is 2.59. The average Bonchev–Trinajstić information content (AvgIpc) is 2.97. The standard InChI is InChI=1S/C13H17N5/c1-9-6-16-17-13(9)11-3-4-18(7-11)12-5-10(2)14-8-15-12/h5-6,8,11H,3-4,7H2,1-2H3,(H,16,17)/t11-/m1/s1. The summed E-state index contributed by atoms with van der Waals surface area (Å²) in [5.41, 5.74) is 3.53. The third kappa shape index (κ3) is 1.96. The molecule has 0 spiro atoms. The van der Waals surface area contributed by atoms with E-state index in [1.54, 1.807) is 6.33 Å². The van der Waals surface area contributed by atoms with Crippen molar-refractivity contribution in [1.29, 1.82) is 0 Å². The molecule has 2 aromatic rings. The number of anilines is 1. The second kappa shape index (κ2) is 4.40. The summed E-state index contributed by atoms with van der Waals surface area (Å²) >= 11 is 0. The summed E-state index contributed by atoms with van der Waals surface area (Å²) < 4.78 is 0. The number of aromatic nitrogens is 4. The number of aromatic amines is 1. The summed E-state index contributed by atoms with van der Waals surface area (Å²) in [5, 5.41) is 7.23. The molecule has 1 saturated heterocycles. The zero-order valence-corrected chi connectivity index (χ0v) is 10.7. The van der Waals surface area contributed by atoms with Crippen LogP contribution in [-0.2, 0) is 0 Å². The lowest BCUT2D eigenvalue weighted by molar-refractivity contribution is 0.732. The van der Waals surface area contributed by atoms with Crippen molar-refractivity contribution in [3.05, 3.63) is 35.5 Å². The molecule has 0 bridgehead atoms. The molecule has 2 aromatic heterocycles. The van der Waals surface area contributed by atoms with E-state index in [-0.39, 0.29) is 0 Å². The van der Waals surface area contributed by atoms with Crippen molar-refractivity contribution in [2.24, 2.45) is 0 Å². The van der Waals surface area contributed by atoms with Gasteiger partial charge >= 0.3 is 0 Å². The SMILES string of the molecule is Cc1cc(N2CC[C@@H](c3[nH]ncc3C)C2)ncn1. The Morgan fingerprint density at radius 2 is 2.22 bits per heavy atom. The number of hydrogen-bond donors (Lipinski definition) is 1. The van der Waals surface area contributed by atoms with Crippen molar-refractivity contribution in [2.45, 2.75) is 26.2 Å². The lowest BCUT2D eigenvalue weighted by atomic mass is 10.0. The van der Waals surface area contributed by atoms with Crippen LogP contribution in [0.25, 0.3) is 0 Å². The van der Waals surface area contributed by atoms with Gasteiger partial charge in [0.25, 0.3) is 0 Å². The van der Waals surface area contributed by atoms with E-state index in [9.17, 15) is 0 Å². The summed E-state index contributed by atoms with van der Waals surface area (Å²) in [4.78, 5) is 10.8. The number of nitrogens with zero attached hydrogens (tertiary/aromatic N) is 4. The van der Waals surface area contributed by atoms with Crippen LogP contribution in [0, 0.1) is 13.8 Å². The maximum atomic E-state index is 4.35. The van der Waals surface area contributed by atoms with Gasteiger partial charge in [-0.15, -0.1) is 0 Å². The van der Waals surface area contributed by atoms with E-state index >= 15 is 0 Å². The maximum Gasteiger partial charge on any atom is 0.132 e. The summed E-state index contributed by atoms with van der Waals surface area (Å²) in [6.45, 7) is 6.15. The Kier molecular flexibility index (Phi) is 2.74. The Morgan fingerprint density at radius 3 is 2.94 bits per heavy atom. The van der Waals surface area contributed by atoms with E-state index in [4.69, 9.17) is 0 Å². The summed E-state index contributed by atoms with van der Waals surface area (Å²) in [7, 11) is 0. The molecule has 5 heteroatoms. The van der Waals surface area contributed by atoms with Crippen LogP contribution in [0.1, 0.15) is 29.3 Å². The van der Waals surface area contributed by atoms with Gasteiger partial charge in [0.1, 0.15) is 12.1 Å². The largest absolute Gasteiger partial charge is 0.356 e. The van der Waals surface area contributed by atoms with Gasteiger partial charge in [-0.05, 0) is 25.8 Å². The van der Waals surface area contributed by atoms with Gasteiger partial charge in [0.2, 0.25) is 0 Å². The minimum atomic E-state index is 0.530. The van der Waals surface area contributed by atoms with Gasteiger partial charge in [0, 0.05) is 36.5 Å². The molecule has 1 aliphatic heterocycles. The smallest absolute Gasteiger partial charge is 0.132 e. The van der Waals surface area contributed by atoms with E-state index in [0.717, 1.165) is 31.0 Å². The van der Waals surface area contributed by atoms with Crippen LogP contribution in [0.2, 0.25) is 0 Å². The molecule has 0 aliphatic carbocycles. The second-order valence-electron chi connectivity index (χ2n) is 4.92. The van der Waals surface area contributed by atoms with E-state index in [2.05, 4.69) is 32.0 Å². The highest BCUT2D eigenvalue weighted by Gasteiger charge is 2.26. The molecule has 18 heavy (non-hydrogen) atoms. The molecule has 94 valence electrons. The predicted molar refractivity (Wildman–Crippen MR) is 69.7 cm³/mol. The molecule has 0 amide bonds. The normalized spacial score (nSPS) is 19.4. The molecule has 0 radical (unpaired) electrons. The van der Waals surface area contributed by atoms with Gasteiger partial charge in [-0.2, -0.15) is 5.10 Å². The topological polar surface area (TPSA) is 57.7 Å². The van der Waals surface area contributed by atoms with E-state index in [0.29, 0.717) is 5.92 Å². The Morgan fingerprint density at radius 1 is 1.33 bits per heavy atom. The molecule has 5 nitrogen and oxygen atoms in total. The molecule has 0 aromatic carbocycles. The van der Waals surface area contributed by atoms with Gasteiger partial charge in [0.05, 0.1) is 6.20 Å². The van der Waals surface area contributed by atoms with Crippen LogP contribution in [0.5, 0.6) is 0 Å². The van der Waals surface area contributed by atoms with Crippen molar-refractivity contribution in [3.63, 3.8) is 0 Å². The predicted octanol–water partition coefficient (Wildman–Crippen LogP) is 1.81. The average molecular weight is 243 g/mol. The van der Waals surface area contributed by atoms with Crippen molar-refractivity contribution in [3.8, 4) is 0 Å². The number of H-pyrrole nitrogens is 1. The molecule has 0 saturated carbocycles. The molecule has 3 rings (SSSR count). The Balaban J connectivity index is 1.78. The first kappa shape index (κ1) is 11.2. The van der Waals surface area contributed by atoms with Crippen LogP contribution in [0.15, 0.2) is 18.6 Å². The van der Waals surface area contributed by atoms with Gasteiger partial charge in [0.15, 0.2) is 0 Å². The minimum Gasteiger partial charge on any atom is -0.356 e. The van der Waals surface area contributed by atoms with Gasteiger partial charge in [-0.25, -0.2) is 9.97 Å². The quantitative estimate of drug-likeness (QED) is 0.874. The first-order valence-electron chi connectivity index (χ1n) is 6.27. The van der Waals surface area contributed by atoms with Crippen LogP contribution >= 0.6 is 0 Å². The number of hydrogen-bond acceptors (Lipinski definition) is 4. The summed E-state index contributed by atoms with van der Waals surface area (Å²) in [6, 6.07) is 2.04.